The molecule has 1 atom stereocenters. The molecule has 0 aromatic carbocycles. The fraction of sp³-hybridized carbons (Fsp3) is 0.733. The molecule has 21 heavy (non-hydrogen) atoms. The van der Waals surface area contributed by atoms with E-state index in [0.29, 0.717) is 31.7 Å². The quantitative estimate of drug-likeness (QED) is 0.837. The van der Waals surface area contributed by atoms with Crippen LogP contribution in [0.15, 0.2) is 17.1 Å². The molecule has 1 aromatic heterocycles. The van der Waals surface area contributed by atoms with Crippen LogP contribution in [0.5, 0.6) is 0 Å². The Bertz CT molecular complexity index is 495. The van der Waals surface area contributed by atoms with E-state index in [1.165, 1.54) is 4.68 Å². The molecule has 1 aromatic rings. The Balaban J connectivity index is 1.91. The molecule has 0 spiro atoms. The van der Waals surface area contributed by atoms with Crippen LogP contribution >= 0.6 is 0 Å². The molecule has 0 saturated carbocycles. The van der Waals surface area contributed by atoms with Gasteiger partial charge in [-0.15, -0.1) is 0 Å². The zero-order chi connectivity index (χ0) is 15.2. The first-order valence-corrected chi connectivity index (χ1v) is 7.71. The fourth-order valence-corrected chi connectivity index (χ4v) is 2.22. The number of anilines is 1. The Kier molecular flexibility index (Phi) is 5.76. The average Bonchev–Trinajstić information content (AvgIpc) is 2.49. The molecule has 1 aliphatic rings. The van der Waals surface area contributed by atoms with Gasteiger partial charge in [-0.2, -0.15) is 5.10 Å². The first-order valence-electron chi connectivity index (χ1n) is 7.71. The first kappa shape index (κ1) is 16.0. The Morgan fingerprint density at radius 1 is 1.33 bits per heavy atom. The van der Waals surface area contributed by atoms with E-state index in [4.69, 9.17) is 4.74 Å². The number of aromatic nitrogens is 2. The molecule has 1 N–H and O–H groups in total. The maximum atomic E-state index is 12.1. The standard InChI is InChI=1S/C15H26N4O2/c1-12(2)13(3)16-4-5-19-15(20)10-14(11-17-19)18-6-8-21-9-7-18/h10-13,16H,4-9H2,1-3H3. The van der Waals surface area contributed by atoms with Crippen molar-refractivity contribution in [2.24, 2.45) is 5.92 Å². The van der Waals surface area contributed by atoms with Crippen LogP contribution in [0.2, 0.25) is 0 Å². The summed E-state index contributed by atoms with van der Waals surface area (Å²) in [4.78, 5) is 14.2. The van der Waals surface area contributed by atoms with Crippen molar-refractivity contribution in [1.82, 2.24) is 15.1 Å². The minimum Gasteiger partial charge on any atom is -0.378 e. The normalized spacial score (nSPS) is 17.2. The third-order valence-electron chi connectivity index (χ3n) is 4.02. The van der Waals surface area contributed by atoms with Gasteiger partial charge in [-0.05, 0) is 12.8 Å². The Labute approximate surface area is 126 Å². The van der Waals surface area contributed by atoms with E-state index in [1.807, 2.05) is 0 Å². The smallest absolute Gasteiger partial charge is 0.268 e. The van der Waals surface area contributed by atoms with Crippen LogP contribution < -0.4 is 15.8 Å². The van der Waals surface area contributed by atoms with Crippen molar-refractivity contribution in [2.75, 3.05) is 37.7 Å². The minimum atomic E-state index is -0.0435. The van der Waals surface area contributed by atoms with Crippen molar-refractivity contribution in [2.45, 2.75) is 33.4 Å². The van der Waals surface area contributed by atoms with Crippen LogP contribution in [0, 0.1) is 5.92 Å². The molecule has 0 bridgehead atoms. The molecular formula is C15H26N4O2. The maximum Gasteiger partial charge on any atom is 0.268 e. The van der Waals surface area contributed by atoms with E-state index in [-0.39, 0.29) is 5.56 Å². The molecule has 118 valence electrons. The highest BCUT2D eigenvalue weighted by molar-refractivity contribution is 5.43. The van der Waals surface area contributed by atoms with Crippen LogP contribution in [0.25, 0.3) is 0 Å². The molecule has 2 heterocycles. The molecule has 0 radical (unpaired) electrons. The average molecular weight is 294 g/mol. The number of nitrogens with zero attached hydrogens (tertiary/aromatic N) is 3. The molecule has 2 rings (SSSR count). The van der Waals surface area contributed by atoms with Crippen molar-refractivity contribution in [3.8, 4) is 0 Å². The lowest BCUT2D eigenvalue weighted by atomic mass is 10.1. The second-order valence-electron chi connectivity index (χ2n) is 5.86. The maximum absolute atomic E-state index is 12.1. The van der Waals surface area contributed by atoms with Crippen LogP contribution in [-0.2, 0) is 11.3 Å². The molecule has 6 heteroatoms. The zero-order valence-electron chi connectivity index (χ0n) is 13.2. The number of hydrogen-bond donors (Lipinski definition) is 1. The minimum absolute atomic E-state index is 0.0435. The van der Waals surface area contributed by atoms with Crippen molar-refractivity contribution < 1.29 is 4.74 Å². The summed E-state index contributed by atoms with van der Waals surface area (Å²) in [5.41, 5.74) is 0.848. The molecule has 1 saturated heterocycles. The molecule has 1 aliphatic heterocycles. The molecule has 1 unspecified atom stereocenters. The van der Waals surface area contributed by atoms with E-state index in [9.17, 15) is 4.79 Å². The Hall–Kier alpha value is -1.40. The molecule has 0 aliphatic carbocycles. The highest BCUT2D eigenvalue weighted by Crippen LogP contribution is 2.11. The van der Waals surface area contributed by atoms with Crippen LogP contribution in [0.4, 0.5) is 5.69 Å². The third kappa shape index (κ3) is 4.54. The number of morpholine rings is 1. The largest absolute Gasteiger partial charge is 0.378 e. The second kappa shape index (κ2) is 7.56. The van der Waals surface area contributed by atoms with E-state index in [2.05, 4.69) is 36.1 Å². The molecule has 6 nitrogen and oxygen atoms in total. The van der Waals surface area contributed by atoms with Crippen molar-refractivity contribution >= 4 is 5.69 Å². The predicted octanol–water partition coefficient (Wildman–Crippen LogP) is 0.714. The first-order chi connectivity index (χ1) is 10.1. The summed E-state index contributed by atoms with van der Waals surface area (Å²) >= 11 is 0. The SMILES string of the molecule is CC(C)C(C)NCCn1ncc(N2CCOCC2)cc1=O. The van der Waals surface area contributed by atoms with Gasteiger partial charge in [0.05, 0.1) is 31.6 Å². The van der Waals surface area contributed by atoms with Gasteiger partial charge in [-0.1, -0.05) is 13.8 Å². The third-order valence-corrected chi connectivity index (χ3v) is 4.02. The predicted molar refractivity (Wildman–Crippen MR) is 83.8 cm³/mol. The molecule has 0 amide bonds. The molecular weight excluding hydrogens is 268 g/mol. The summed E-state index contributed by atoms with van der Waals surface area (Å²) in [7, 11) is 0. The summed E-state index contributed by atoms with van der Waals surface area (Å²) in [5, 5.41) is 7.69. The monoisotopic (exact) mass is 294 g/mol. The lowest BCUT2D eigenvalue weighted by Crippen LogP contribution is -2.38. The van der Waals surface area contributed by atoms with Gasteiger partial charge in [-0.25, -0.2) is 4.68 Å². The van der Waals surface area contributed by atoms with Crippen molar-refractivity contribution in [3.63, 3.8) is 0 Å². The fourth-order valence-electron chi connectivity index (χ4n) is 2.22. The number of hydrogen-bond acceptors (Lipinski definition) is 5. The summed E-state index contributed by atoms with van der Waals surface area (Å²) in [6.45, 7) is 10.9. The van der Waals surface area contributed by atoms with Crippen LogP contribution in [-0.4, -0.2) is 48.7 Å². The van der Waals surface area contributed by atoms with Gasteiger partial charge in [-0.3, -0.25) is 4.79 Å². The highest BCUT2D eigenvalue weighted by Gasteiger charge is 2.13. The van der Waals surface area contributed by atoms with Crippen molar-refractivity contribution in [1.29, 1.82) is 0 Å². The summed E-state index contributed by atoms with van der Waals surface area (Å²) in [6, 6.07) is 2.11. The van der Waals surface area contributed by atoms with E-state index in [1.54, 1.807) is 12.3 Å². The van der Waals surface area contributed by atoms with Crippen molar-refractivity contribution in [3.05, 3.63) is 22.6 Å². The summed E-state index contributed by atoms with van der Waals surface area (Å²) < 4.78 is 6.83. The highest BCUT2D eigenvalue weighted by atomic mass is 16.5. The number of ether oxygens (including phenoxy) is 1. The van der Waals surface area contributed by atoms with Gasteiger partial charge < -0.3 is 15.0 Å². The van der Waals surface area contributed by atoms with Gasteiger partial charge >= 0.3 is 0 Å². The number of nitrogens with one attached hydrogen (secondary N) is 1. The zero-order valence-corrected chi connectivity index (χ0v) is 13.2. The Morgan fingerprint density at radius 2 is 2.05 bits per heavy atom. The second-order valence-corrected chi connectivity index (χ2v) is 5.86. The van der Waals surface area contributed by atoms with Gasteiger partial charge in [0.15, 0.2) is 0 Å². The summed E-state index contributed by atoms with van der Waals surface area (Å²) in [5.74, 6) is 0.582. The van der Waals surface area contributed by atoms with Gasteiger partial charge in [0.25, 0.3) is 5.56 Å². The molecule has 1 fully saturated rings. The Morgan fingerprint density at radius 3 is 2.67 bits per heavy atom. The lowest BCUT2D eigenvalue weighted by Gasteiger charge is -2.28. The van der Waals surface area contributed by atoms with E-state index >= 15 is 0 Å². The number of rotatable bonds is 6. The topological polar surface area (TPSA) is 59.4 Å². The lowest BCUT2D eigenvalue weighted by molar-refractivity contribution is 0.122. The van der Waals surface area contributed by atoms with E-state index < -0.39 is 0 Å². The van der Waals surface area contributed by atoms with Crippen LogP contribution in [0.1, 0.15) is 20.8 Å². The van der Waals surface area contributed by atoms with Gasteiger partial charge in [0, 0.05) is 31.7 Å². The van der Waals surface area contributed by atoms with Gasteiger partial charge in [0.2, 0.25) is 0 Å². The van der Waals surface area contributed by atoms with E-state index in [0.717, 1.165) is 25.3 Å². The summed E-state index contributed by atoms with van der Waals surface area (Å²) in [6.07, 6.45) is 1.78. The van der Waals surface area contributed by atoms with Gasteiger partial charge in [0.1, 0.15) is 0 Å². The van der Waals surface area contributed by atoms with Crippen LogP contribution in [0.3, 0.4) is 0 Å².